The Morgan fingerprint density at radius 3 is 2.54 bits per heavy atom. The average Bonchev–Trinajstić information content (AvgIpc) is 2.63. The summed E-state index contributed by atoms with van der Waals surface area (Å²) in [7, 11) is 0. The number of nitrogens with zero attached hydrogens (tertiary/aromatic N) is 1. The molecule has 24 heavy (non-hydrogen) atoms. The van der Waals surface area contributed by atoms with Crippen molar-refractivity contribution in [1.29, 1.82) is 0 Å². The third kappa shape index (κ3) is 4.91. The zero-order valence-electron chi connectivity index (χ0n) is 13.9. The molecule has 2 aromatic rings. The topological polar surface area (TPSA) is 68.3 Å². The van der Waals surface area contributed by atoms with E-state index >= 15 is 0 Å². The Labute approximate surface area is 142 Å². The molecule has 5 nitrogen and oxygen atoms in total. The molecule has 0 radical (unpaired) electrons. The second-order valence-electron chi connectivity index (χ2n) is 5.55. The van der Waals surface area contributed by atoms with Gasteiger partial charge in [0.05, 0.1) is 5.56 Å². The van der Waals surface area contributed by atoms with E-state index in [-0.39, 0.29) is 11.8 Å². The Hall–Kier alpha value is -2.69. The maximum absolute atomic E-state index is 12.2. The molecule has 0 spiro atoms. The third-order valence-corrected chi connectivity index (χ3v) is 3.84. The summed E-state index contributed by atoms with van der Waals surface area (Å²) in [5.41, 5.74) is 1.51. The van der Waals surface area contributed by atoms with Crippen LogP contribution in [-0.4, -0.2) is 29.5 Å². The van der Waals surface area contributed by atoms with Crippen LogP contribution in [0.1, 0.15) is 42.1 Å². The Balaban J connectivity index is 1.86. The highest BCUT2D eigenvalue weighted by molar-refractivity contribution is 5.91. The summed E-state index contributed by atoms with van der Waals surface area (Å²) < 4.78 is 5.18. The van der Waals surface area contributed by atoms with Gasteiger partial charge in [0, 0.05) is 24.9 Å². The molecule has 2 rings (SSSR count). The molecule has 0 bridgehead atoms. The van der Waals surface area contributed by atoms with E-state index in [1.165, 1.54) is 11.8 Å². The molecule has 126 valence electrons. The summed E-state index contributed by atoms with van der Waals surface area (Å²) in [5, 5.41) is 2.86. The van der Waals surface area contributed by atoms with Gasteiger partial charge in [-0.15, -0.1) is 0 Å². The normalized spacial score (nSPS) is 12.9. The SMILES string of the molecule is CC[C@@H](CNC(=O)[C@H](C)OC(=O)c1cccnc1)c1ccccc1. The first-order valence-corrected chi connectivity index (χ1v) is 8.05. The molecule has 0 saturated heterocycles. The fraction of sp³-hybridized carbons (Fsp3) is 0.316. The fourth-order valence-corrected chi connectivity index (χ4v) is 2.36. The molecule has 1 heterocycles. The van der Waals surface area contributed by atoms with E-state index < -0.39 is 12.1 Å². The highest BCUT2D eigenvalue weighted by Crippen LogP contribution is 2.18. The lowest BCUT2D eigenvalue weighted by Gasteiger charge is -2.18. The Kier molecular flexibility index (Phi) is 6.49. The van der Waals surface area contributed by atoms with Gasteiger partial charge in [0.25, 0.3) is 5.91 Å². The van der Waals surface area contributed by atoms with Crippen LogP contribution in [0.4, 0.5) is 0 Å². The van der Waals surface area contributed by atoms with Crippen LogP contribution in [0.3, 0.4) is 0 Å². The first kappa shape index (κ1) is 17.7. The molecule has 1 aromatic heterocycles. The first-order valence-electron chi connectivity index (χ1n) is 8.05. The zero-order valence-corrected chi connectivity index (χ0v) is 13.9. The molecular formula is C19H22N2O3. The standard InChI is InChI=1S/C19H22N2O3/c1-3-15(16-8-5-4-6-9-16)13-21-18(22)14(2)24-19(23)17-10-7-11-20-12-17/h4-12,14-15H,3,13H2,1-2H3,(H,21,22)/t14-,15-/m0/s1. The van der Waals surface area contributed by atoms with E-state index in [0.29, 0.717) is 12.1 Å². The molecule has 1 amide bonds. The number of rotatable bonds is 7. The number of carbonyl (C=O) groups is 2. The van der Waals surface area contributed by atoms with Gasteiger partial charge in [-0.3, -0.25) is 9.78 Å². The molecule has 0 aliphatic heterocycles. The summed E-state index contributed by atoms with van der Waals surface area (Å²) in [6.45, 7) is 4.15. The largest absolute Gasteiger partial charge is 0.449 e. The predicted molar refractivity (Wildman–Crippen MR) is 91.6 cm³/mol. The molecular weight excluding hydrogens is 304 g/mol. The van der Waals surface area contributed by atoms with Gasteiger partial charge >= 0.3 is 5.97 Å². The summed E-state index contributed by atoms with van der Waals surface area (Å²) in [6.07, 6.45) is 3.04. The van der Waals surface area contributed by atoms with Gasteiger partial charge in [0.1, 0.15) is 0 Å². The summed E-state index contributed by atoms with van der Waals surface area (Å²) in [5.74, 6) is -0.626. The summed E-state index contributed by atoms with van der Waals surface area (Å²) >= 11 is 0. The monoisotopic (exact) mass is 326 g/mol. The van der Waals surface area contributed by atoms with Gasteiger partial charge < -0.3 is 10.1 Å². The van der Waals surface area contributed by atoms with E-state index in [1.54, 1.807) is 25.3 Å². The van der Waals surface area contributed by atoms with Crippen LogP contribution in [0.2, 0.25) is 0 Å². The van der Waals surface area contributed by atoms with Crippen molar-refractivity contribution in [2.24, 2.45) is 0 Å². The number of ether oxygens (including phenoxy) is 1. The van der Waals surface area contributed by atoms with E-state index in [4.69, 9.17) is 4.74 Å². The number of nitrogens with one attached hydrogen (secondary N) is 1. The van der Waals surface area contributed by atoms with Crippen molar-refractivity contribution in [2.75, 3.05) is 6.54 Å². The van der Waals surface area contributed by atoms with Crippen molar-refractivity contribution in [3.8, 4) is 0 Å². The van der Waals surface area contributed by atoms with Crippen molar-refractivity contribution < 1.29 is 14.3 Å². The Morgan fingerprint density at radius 2 is 1.92 bits per heavy atom. The van der Waals surface area contributed by atoms with E-state index in [1.807, 2.05) is 30.3 Å². The van der Waals surface area contributed by atoms with E-state index in [0.717, 1.165) is 6.42 Å². The molecule has 0 fully saturated rings. The minimum absolute atomic E-state index is 0.233. The van der Waals surface area contributed by atoms with Crippen LogP contribution in [0.5, 0.6) is 0 Å². The van der Waals surface area contributed by atoms with Crippen LogP contribution in [0.15, 0.2) is 54.9 Å². The number of aromatic nitrogens is 1. The lowest BCUT2D eigenvalue weighted by atomic mass is 9.96. The molecule has 1 aromatic carbocycles. The fourth-order valence-electron chi connectivity index (χ4n) is 2.36. The highest BCUT2D eigenvalue weighted by atomic mass is 16.5. The number of benzene rings is 1. The number of hydrogen-bond donors (Lipinski definition) is 1. The van der Waals surface area contributed by atoms with Crippen LogP contribution < -0.4 is 5.32 Å². The molecule has 0 aliphatic rings. The summed E-state index contributed by atoms with van der Waals surface area (Å²) in [4.78, 5) is 28.0. The third-order valence-electron chi connectivity index (χ3n) is 3.84. The second-order valence-corrected chi connectivity index (χ2v) is 5.55. The number of carbonyl (C=O) groups excluding carboxylic acids is 2. The lowest BCUT2D eigenvalue weighted by Crippen LogP contribution is -2.38. The average molecular weight is 326 g/mol. The molecule has 1 N–H and O–H groups in total. The maximum Gasteiger partial charge on any atom is 0.340 e. The van der Waals surface area contributed by atoms with Crippen LogP contribution in [0.25, 0.3) is 0 Å². The Morgan fingerprint density at radius 1 is 1.17 bits per heavy atom. The van der Waals surface area contributed by atoms with Crippen LogP contribution in [0, 0.1) is 0 Å². The molecule has 0 saturated carbocycles. The van der Waals surface area contributed by atoms with Crippen molar-refractivity contribution in [3.05, 3.63) is 66.0 Å². The van der Waals surface area contributed by atoms with Gasteiger partial charge in [-0.25, -0.2) is 4.79 Å². The molecule has 5 heteroatoms. The summed E-state index contributed by atoms with van der Waals surface area (Å²) in [6, 6.07) is 13.3. The molecule has 2 atom stereocenters. The minimum Gasteiger partial charge on any atom is -0.449 e. The maximum atomic E-state index is 12.2. The minimum atomic E-state index is -0.856. The zero-order chi connectivity index (χ0) is 17.4. The van der Waals surface area contributed by atoms with Gasteiger partial charge in [0.15, 0.2) is 6.10 Å². The number of esters is 1. The van der Waals surface area contributed by atoms with Gasteiger partial charge in [-0.1, -0.05) is 37.3 Å². The quantitative estimate of drug-likeness (QED) is 0.794. The van der Waals surface area contributed by atoms with Gasteiger partial charge in [0.2, 0.25) is 0 Å². The Bertz CT molecular complexity index is 659. The van der Waals surface area contributed by atoms with Crippen molar-refractivity contribution in [2.45, 2.75) is 32.3 Å². The highest BCUT2D eigenvalue weighted by Gasteiger charge is 2.20. The van der Waals surface area contributed by atoms with Gasteiger partial charge in [-0.2, -0.15) is 0 Å². The van der Waals surface area contributed by atoms with Crippen molar-refractivity contribution in [1.82, 2.24) is 10.3 Å². The number of pyridine rings is 1. The number of hydrogen-bond acceptors (Lipinski definition) is 4. The smallest absolute Gasteiger partial charge is 0.340 e. The number of amides is 1. The van der Waals surface area contributed by atoms with Crippen molar-refractivity contribution >= 4 is 11.9 Å². The van der Waals surface area contributed by atoms with Crippen LogP contribution in [-0.2, 0) is 9.53 Å². The first-order chi connectivity index (χ1) is 11.6. The lowest BCUT2D eigenvalue weighted by molar-refractivity contribution is -0.129. The second kappa shape index (κ2) is 8.82. The van der Waals surface area contributed by atoms with E-state index in [9.17, 15) is 9.59 Å². The molecule has 0 aliphatic carbocycles. The van der Waals surface area contributed by atoms with Gasteiger partial charge in [-0.05, 0) is 31.0 Å². The van der Waals surface area contributed by atoms with Crippen molar-refractivity contribution in [3.63, 3.8) is 0 Å². The van der Waals surface area contributed by atoms with Crippen LogP contribution >= 0.6 is 0 Å². The van der Waals surface area contributed by atoms with E-state index in [2.05, 4.69) is 17.2 Å². The molecule has 0 unspecified atom stereocenters. The predicted octanol–water partition coefficient (Wildman–Crippen LogP) is 2.94.